The number of hydrogen-bond donors (Lipinski definition) is 1. The van der Waals surface area contributed by atoms with Crippen molar-refractivity contribution < 1.29 is 14.3 Å². The lowest BCUT2D eigenvalue weighted by Gasteiger charge is -2.28. The van der Waals surface area contributed by atoms with Gasteiger partial charge in [-0.25, -0.2) is 14.5 Å². The summed E-state index contributed by atoms with van der Waals surface area (Å²) in [5.74, 6) is 0.175. The van der Waals surface area contributed by atoms with E-state index in [1.54, 1.807) is 23.8 Å². The van der Waals surface area contributed by atoms with Gasteiger partial charge in [0.1, 0.15) is 5.60 Å². The molecule has 4 rings (SSSR count). The monoisotopic (exact) mass is 442 g/mol. The maximum atomic E-state index is 13.2. The van der Waals surface area contributed by atoms with Crippen LogP contribution >= 0.6 is 0 Å². The molecular formula is C22H30N6O4. The minimum absolute atomic E-state index is 0.112. The van der Waals surface area contributed by atoms with Crippen molar-refractivity contribution in [1.82, 2.24) is 29.5 Å². The lowest BCUT2D eigenvalue weighted by atomic mass is 10.2. The van der Waals surface area contributed by atoms with E-state index in [2.05, 4.69) is 15.1 Å². The van der Waals surface area contributed by atoms with Crippen molar-refractivity contribution >= 4 is 12.0 Å². The molecule has 1 aliphatic heterocycles. The van der Waals surface area contributed by atoms with E-state index in [4.69, 9.17) is 4.74 Å². The Bertz CT molecular complexity index is 1110. The Morgan fingerprint density at radius 1 is 1.28 bits per heavy atom. The van der Waals surface area contributed by atoms with Crippen LogP contribution < -0.4 is 5.56 Å². The number of amides is 2. The summed E-state index contributed by atoms with van der Waals surface area (Å²) < 4.78 is 6.95. The number of aryl methyl sites for hydroxylation is 1. The fraction of sp³-hybridized carbons (Fsp3) is 0.591. The highest BCUT2D eigenvalue weighted by Gasteiger charge is 2.34. The predicted octanol–water partition coefficient (Wildman–Crippen LogP) is 1.83. The number of nitrogens with zero attached hydrogens (tertiary/aromatic N) is 5. The van der Waals surface area contributed by atoms with E-state index in [0.29, 0.717) is 36.7 Å². The zero-order chi connectivity index (χ0) is 23.2. The molecule has 1 fully saturated rings. The Hall–Kier alpha value is -3.17. The number of aromatic amines is 1. The van der Waals surface area contributed by atoms with Crippen LogP contribution in [0.15, 0.2) is 11.0 Å². The summed E-state index contributed by atoms with van der Waals surface area (Å²) >= 11 is 0. The first-order chi connectivity index (χ1) is 15.0. The lowest BCUT2D eigenvalue weighted by molar-refractivity contribution is 0.0226. The molecule has 0 unspecified atom stereocenters. The second kappa shape index (κ2) is 8.07. The molecule has 32 heavy (non-hydrogen) atoms. The quantitative estimate of drug-likeness (QED) is 0.776. The van der Waals surface area contributed by atoms with Gasteiger partial charge >= 0.3 is 6.09 Å². The molecular weight excluding hydrogens is 412 g/mol. The molecule has 0 radical (unpaired) electrons. The van der Waals surface area contributed by atoms with Crippen LogP contribution in [0.5, 0.6) is 0 Å². The van der Waals surface area contributed by atoms with E-state index >= 15 is 0 Å². The van der Waals surface area contributed by atoms with Gasteiger partial charge in [0.15, 0.2) is 0 Å². The third kappa shape index (κ3) is 4.13. The largest absolute Gasteiger partial charge is 0.444 e. The molecule has 1 N–H and O–H groups in total. The summed E-state index contributed by atoms with van der Waals surface area (Å²) in [5, 5.41) is 4.32. The molecule has 0 aromatic carbocycles. The van der Waals surface area contributed by atoms with Crippen molar-refractivity contribution in [3.8, 4) is 5.95 Å². The maximum Gasteiger partial charge on any atom is 0.410 e. The molecule has 1 atom stereocenters. The predicted molar refractivity (Wildman–Crippen MR) is 117 cm³/mol. The SMILES string of the molecule is Cc1c(C(=O)N2CC[C@@H](N(C)C(=O)OC(C)(C)C)C2)cnn1-c1nc2c(c(=O)[nH]1)CCC2. The number of carbonyl (C=O) groups is 2. The lowest BCUT2D eigenvalue weighted by Crippen LogP contribution is -2.42. The third-order valence-corrected chi connectivity index (χ3v) is 6.05. The number of aromatic nitrogens is 4. The molecule has 3 heterocycles. The normalized spacial score (nSPS) is 18.0. The van der Waals surface area contributed by atoms with Gasteiger partial charge in [-0.1, -0.05) is 0 Å². The van der Waals surface area contributed by atoms with Crippen molar-refractivity contribution in [3.63, 3.8) is 0 Å². The van der Waals surface area contributed by atoms with E-state index < -0.39 is 11.7 Å². The Labute approximate surface area is 186 Å². The smallest absolute Gasteiger partial charge is 0.410 e. The molecule has 172 valence electrons. The Morgan fingerprint density at radius 2 is 2.03 bits per heavy atom. The van der Waals surface area contributed by atoms with Gasteiger partial charge in [-0.2, -0.15) is 5.10 Å². The zero-order valence-electron chi connectivity index (χ0n) is 19.3. The number of carbonyl (C=O) groups excluding carboxylic acids is 2. The Kier molecular flexibility index (Phi) is 5.56. The van der Waals surface area contributed by atoms with Crippen LogP contribution in [0.1, 0.15) is 60.9 Å². The molecule has 2 aromatic heterocycles. The van der Waals surface area contributed by atoms with Gasteiger partial charge in [0, 0.05) is 25.7 Å². The van der Waals surface area contributed by atoms with E-state index in [1.165, 1.54) is 10.9 Å². The highest BCUT2D eigenvalue weighted by molar-refractivity contribution is 5.95. The Morgan fingerprint density at radius 3 is 2.75 bits per heavy atom. The average Bonchev–Trinajstić information content (AvgIpc) is 3.45. The molecule has 1 aliphatic carbocycles. The first-order valence-corrected chi connectivity index (χ1v) is 11.0. The molecule has 2 aromatic rings. The van der Waals surface area contributed by atoms with E-state index in [9.17, 15) is 14.4 Å². The summed E-state index contributed by atoms with van der Waals surface area (Å²) in [5.41, 5.74) is 1.90. The number of likely N-dealkylation sites (N-methyl/N-ethyl adjacent to an activating group) is 1. The van der Waals surface area contributed by atoms with Crippen LogP contribution in [-0.4, -0.2) is 73.3 Å². The number of H-pyrrole nitrogens is 1. The zero-order valence-corrected chi connectivity index (χ0v) is 19.3. The average molecular weight is 443 g/mol. The first kappa shape index (κ1) is 22.0. The summed E-state index contributed by atoms with van der Waals surface area (Å²) in [6.45, 7) is 8.22. The molecule has 0 spiro atoms. The highest BCUT2D eigenvalue weighted by atomic mass is 16.6. The molecule has 0 saturated carbocycles. The van der Waals surface area contributed by atoms with Gasteiger partial charge in [0.2, 0.25) is 5.95 Å². The topological polar surface area (TPSA) is 113 Å². The summed E-state index contributed by atoms with van der Waals surface area (Å²) in [6.07, 6.45) is 4.23. The van der Waals surface area contributed by atoms with Crippen molar-refractivity contribution in [2.45, 2.75) is 65.0 Å². The molecule has 10 heteroatoms. The molecule has 10 nitrogen and oxygen atoms in total. The van der Waals surface area contributed by atoms with Crippen LogP contribution in [0, 0.1) is 6.92 Å². The molecule has 2 aliphatic rings. The van der Waals surface area contributed by atoms with E-state index in [-0.39, 0.29) is 17.5 Å². The number of rotatable bonds is 3. The standard InChI is InChI=1S/C22H30N6O4/c1-13-16(11-23-28(13)20-24-17-8-6-7-15(17)18(29)25-20)19(30)27-10-9-14(12-27)26(5)21(31)32-22(2,3)4/h11,14H,6-10,12H2,1-5H3,(H,24,25,29)/t14-/m1/s1. The number of likely N-dealkylation sites (tertiary alicyclic amines) is 1. The molecule has 0 bridgehead atoms. The van der Waals surface area contributed by atoms with Gasteiger partial charge in [-0.3, -0.25) is 14.6 Å². The second-order valence-corrected chi connectivity index (χ2v) is 9.51. The minimum Gasteiger partial charge on any atom is -0.444 e. The van der Waals surface area contributed by atoms with Gasteiger partial charge in [-0.05, 0) is 53.4 Å². The van der Waals surface area contributed by atoms with Crippen LogP contribution in [0.3, 0.4) is 0 Å². The van der Waals surface area contributed by atoms with Gasteiger partial charge in [0.05, 0.1) is 29.2 Å². The number of nitrogens with one attached hydrogen (secondary N) is 1. The summed E-state index contributed by atoms with van der Waals surface area (Å²) in [4.78, 5) is 48.5. The van der Waals surface area contributed by atoms with Crippen LogP contribution in [0.4, 0.5) is 4.79 Å². The van der Waals surface area contributed by atoms with Crippen LogP contribution in [0.25, 0.3) is 5.95 Å². The fourth-order valence-corrected chi connectivity index (χ4v) is 4.26. The van der Waals surface area contributed by atoms with Crippen LogP contribution in [0.2, 0.25) is 0 Å². The molecule has 2 amide bonds. The first-order valence-electron chi connectivity index (χ1n) is 11.0. The number of fused-ring (bicyclic) bond motifs is 1. The summed E-state index contributed by atoms with van der Waals surface area (Å²) in [6, 6.07) is -0.112. The maximum absolute atomic E-state index is 13.2. The fourth-order valence-electron chi connectivity index (χ4n) is 4.26. The third-order valence-electron chi connectivity index (χ3n) is 6.05. The van der Waals surface area contributed by atoms with Gasteiger partial charge in [0.25, 0.3) is 11.5 Å². The summed E-state index contributed by atoms with van der Waals surface area (Å²) in [7, 11) is 1.70. The number of hydrogen-bond acceptors (Lipinski definition) is 6. The minimum atomic E-state index is -0.572. The van der Waals surface area contributed by atoms with Crippen molar-refractivity contribution in [2.24, 2.45) is 0 Å². The van der Waals surface area contributed by atoms with E-state index in [0.717, 1.165) is 30.5 Å². The number of ether oxygens (including phenoxy) is 1. The highest BCUT2D eigenvalue weighted by Crippen LogP contribution is 2.22. The Balaban J connectivity index is 1.49. The van der Waals surface area contributed by atoms with Crippen molar-refractivity contribution in [2.75, 3.05) is 20.1 Å². The van der Waals surface area contributed by atoms with Crippen LogP contribution in [-0.2, 0) is 17.6 Å². The van der Waals surface area contributed by atoms with Gasteiger partial charge < -0.3 is 14.5 Å². The molecule has 1 saturated heterocycles. The van der Waals surface area contributed by atoms with E-state index in [1.807, 2.05) is 20.8 Å². The van der Waals surface area contributed by atoms with Gasteiger partial charge in [-0.15, -0.1) is 0 Å². The van der Waals surface area contributed by atoms with Crippen molar-refractivity contribution in [3.05, 3.63) is 39.1 Å². The van der Waals surface area contributed by atoms with Crippen molar-refractivity contribution in [1.29, 1.82) is 0 Å². The second-order valence-electron chi connectivity index (χ2n) is 9.51.